The van der Waals surface area contributed by atoms with Crippen molar-refractivity contribution < 1.29 is 53.8 Å². The normalized spacial score (nSPS) is 13.2. The van der Waals surface area contributed by atoms with Crippen molar-refractivity contribution in [1.29, 1.82) is 0 Å². The lowest BCUT2D eigenvalue weighted by molar-refractivity contribution is -0.140. The lowest BCUT2D eigenvalue weighted by Gasteiger charge is -2.20. The predicted octanol–water partition coefficient (Wildman–Crippen LogP) is 10.9. The fourth-order valence-electron chi connectivity index (χ4n) is 8.97. The van der Waals surface area contributed by atoms with Gasteiger partial charge in [-0.2, -0.15) is 0 Å². The van der Waals surface area contributed by atoms with E-state index in [2.05, 4.69) is 23.7 Å². The van der Waals surface area contributed by atoms with E-state index in [1.807, 2.05) is 103 Å². The zero-order valence-electron chi connectivity index (χ0n) is 40.1. The lowest BCUT2D eigenvalue weighted by atomic mass is 9.94. The highest BCUT2D eigenvalue weighted by molar-refractivity contribution is 6.12. The molecule has 14 heteroatoms. The molecule has 71 heavy (non-hydrogen) atoms. The Morgan fingerprint density at radius 3 is 1.70 bits per heavy atom. The minimum atomic E-state index is -1.18. The first-order chi connectivity index (χ1) is 33.9. The van der Waals surface area contributed by atoms with E-state index in [0.717, 1.165) is 39.0 Å². The number of amides is 1. The molecule has 7 aromatic rings. The van der Waals surface area contributed by atoms with Crippen molar-refractivity contribution in [1.82, 2.24) is 9.13 Å². The van der Waals surface area contributed by atoms with Gasteiger partial charge in [0.25, 0.3) is 5.91 Å². The van der Waals surface area contributed by atoms with Crippen molar-refractivity contribution in [2.24, 2.45) is 0 Å². The summed E-state index contributed by atoms with van der Waals surface area (Å²) < 4.78 is 31.6. The molecule has 2 aromatic heterocycles. The molecule has 1 amide bonds. The number of hydrogen-bond acceptors (Lipinski definition) is 7. The molecule has 0 saturated heterocycles. The van der Waals surface area contributed by atoms with Gasteiger partial charge >= 0.3 is 11.9 Å². The monoisotopic (exact) mass is 969 g/mol. The summed E-state index contributed by atoms with van der Waals surface area (Å²) in [4.78, 5) is 35.7. The van der Waals surface area contributed by atoms with Crippen LogP contribution < -0.4 is 5.32 Å². The number of hydrogen-bond donors (Lipinski definition) is 7. The summed E-state index contributed by atoms with van der Waals surface area (Å²) in [6, 6.07) is 39.1. The third-order valence-corrected chi connectivity index (χ3v) is 11.9. The molecule has 0 spiro atoms. The zero-order chi connectivity index (χ0) is 51.4. The molecule has 372 valence electrons. The number of aliphatic hydroxyl groups excluding tert-OH is 4. The second kappa shape index (κ2) is 24.6. The fraction of sp³-hybridized carbons (Fsp3) is 0.281. The first kappa shape index (κ1) is 53.1. The van der Waals surface area contributed by atoms with Crippen LogP contribution in [0.1, 0.15) is 93.5 Å². The molecule has 7 N–H and O–H groups in total. The number of para-hydroxylation sites is 2. The summed E-state index contributed by atoms with van der Waals surface area (Å²) in [7, 11) is 0. The Morgan fingerprint density at radius 2 is 1.14 bits per heavy atom. The van der Waals surface area contributed by atoms with Gasteiger partial charge in [0.1, 0.15) is 11.6 Å². The first-order valence-corrected chi connectivity index (χ1v) is 23.6. The second-order valence-electron chi connectivity index (χ2n) is 18.1. The fourth-order valence-corrected chi connectivity index (χ4v) is 8.97. The lowest BCUT2D eigenvalue weighted by Crippen LogP contribution is -2.22. The number of carbonyl (C=O) groups is 3. The van der Waals surface area contributed by atoms with Crippen molar-refractivity contribution >= 4 is 40.5 Å². The predicted molar refractivity (Wildman–Crippen MR) is 273 cm³/mol. The van der Waals surface area contributed by atoms with Crippen molar-refractivity contribution in [2.45, 2.75) is 103 Å². The van der Waals surface area contributed by atoms with Gasteiger partial charge in [-0.25, -0.2) is 8.78 Å². The van der Waals surface area contributed by atoms with Gasteiger partial charge < -0.3 is 45.1 Å². The molecule has 0 aliphatic carbocycles. The van der Waals surface area contributed by atoms with Crippen LogP contribution >= 0.6 is 0 Å². The maximum atomic E-state index is 14.0. The van der Waals surface area contributed by atoms with E-state index in [9.17, 15) is 43.6 Å². The van der Waals surface area contributed by atoms with Crippen molar-refractivity contribution in [3.63, 3.8) is 0 Å². The van der Waals surface area contributed by atoms with E-state index in [0.29, 0.717) is 28.1 Å². The molecule has 5 aromatic carbocycles. The quantitative estimate of drug-likeness (QED) is 0.0389. The number of aliphatic carboxylic acids is 2. The van der Waals surface area contributed by atoms with Gasteiger partial charge in [0.15, 0.2) is 0 Å². The highest BCUT2D eigenvalue weighted by Crippen LogP contribution is 2.43. The van der Waals surface area contributed by atoms with Gasteiger partial charge in [0.2, 0.25) is 0 Å². The number of carboxylic acid groups (broad SMARTS) is 2. The number of anilines is 1. The molecular formula is C57H61F2N3O9. The van der Waals surface area contributed by atoms with Gasteiger partial charge in [0, 0.05) is 58.1 Å². The molecule has 2 heterocycles. The van der Waals surface area contributed by atoms with Crippen LogP contribution in [0.2, 0.25) is 0 Å². The molecule has 0 bridgehead atoms. The van der Waals surface area contributed by atoms with Crippen molar-refractivity contribution in [3.05, 3.63) is 168 Å². The molecule has 0 radical (unpaired) electrons. The van der Waals surface area contributed by atoms with Crippen LogP contribution in [0.25, 0.3) is 50.5 Å². The largest absolute Gasteiger partial charge is 0.481 e. The Morgan fingerprint density at radius 1 is 0.620 bits per heavy atom. The standard InChI is InChI=1S/C33H35FN2O5.C24H26FNO4/c1-21(2)31-30(33(41)35-25-11-7-4-8-12-25)29(22-9-5-3-6-10-22)32(23-13-15-24(34)16-14-23)36(31)18-17-26(37)19-27(38)20-28(39)40;1-15(2)26-21-6-4-3-5-20(21)24(16-7-9-17(25)10-8-16)22(26)12-11-18(27)13-19(28)14-23(29)30/h3-16,21,26-27,37-38H,17-20H2,1-2H3,(H,35,41)(H,39,40);3-12,15,18-19,27-28H,13-14H2,1-2H3,(H,29,30)/b;12-11+/t26-,27-;18-,19-/m11/s1. The Hall–Kier alpha value is -7.23. The maximum absolute atomic E-state index is 14.0. The van der Waals surface area contributed by atoms with Gasteiger partial charge in [-0.15, -0.1) is 0 Å². The van der Waals surface area contributed by atoms with E-state index in [-0.39, 0.29) is 55.3 Å². The average molecular weight is 970 g/mol. The number of rotatable bonds is 20. The van der Waals surface area contributed by atoms with Crippen molar-refractivity contribution in [2.75, 3.05) is 5.32 Å². The van der Waals surface area contributed by atoms with Gasteiger partial charge in [-0.1, -0.05) is 98.8 Å². The van der Waals surface area contributed by atoms with E-state index >= 15 is 0 Å². The number of aromatic nitrogens is 2. The average Bonchev–Trinajstić information content (AvgIpc) is 3.85. The van der Waals surface area contributed by atoms with E-state index in [4.69, 9.17) is 10.2 Å². The van der Waals surface area contributed by atoms with Crippen LogP contribution in [0, 0.1) is 11.6 Å². The summed E-state index contributed by atoms with van der Waals surface area (Å²) in [5, 5.41) is 62.7. The van der Waals surface area contributed by atoms with E-state index in [1.165, 1.54) is 24.3 Å². The van der Waals surface area contributed by atoms with Gasteiger partial charge in [-0.3, -0.25) is 14.4 Å². The third-order valence-electron chi connectivity index (χ3n) is 11.9. The number of benzene rings is 5. The Labute approximate surface area is 411 Å². The Kier molecular flexibility index (Phi) is 18.4. The SMILES string of the molecule is CC(C)c1c(C(=O)Nc2ccccc2)c(-c2ccccc2)c(-c2ccc(F)cc2)n1CC[C@@H](O)C[C@@H](O)CC(=O)O.CC(C)n1c(/C=C/[C@@H](O)C[C@@H](O)CC(=O)O)c(-c2ccc(F)cc2)c2ccccc21. The molecule has 0 aliphatic rings. The van der Waals surface area contributed by atoms with Crippen LogP contribution in [-0.2, 0) is 16.1 Å². The smallest absolute Gasteiger partial charge is 0.305 e. The molecule has 0 saturated carbocycles. The van der Waals surface area contributed by atoms with Crippen LogP contribution in [0.4, 0.5) is 14.5 Å². The minimum Gasteiger partial charge on any atom is -0.481 e. The van der Waals surface area contributed by atoms with Gasteiger partial charge in [0.05, 0.1) is 48.5 Å². The summed E-state index contributed by atoms with van der Waals surface area (Å²) >= 11 is 0. The van der Waals surface area contributed by atoms with Crippen LogP contribution in [0.5, 0.6) is 0 Å². The molecule has 0 fully saturated rings. The summed E-state index contributed by atoms with van der Waals surface area (Å²) in [5.74, 6) is -3.36. The number of carbonyl (C=O) groups excluding carboxylic acids is 1. The molecule has 0 unspecified atom stereocenters. The topological polar surface area (TPSA) is 194 Å². The number of aliphatic hydroxyl groups is 4. The van der Waals surface area contributed by atoms with Crippen LogP contribution in [0.3, 0.4) is 0 Å². The highest BCUT2D eigenvalue weighted by atomic mass is 19.1. The number of nitrogens with one attached hydrogen (secondary N) is 1. The van der Waals surface area contributed by atoms with E-state index < -0.39 is 49.2 Å². The Bertz CT molecular complexity index is 2910. The third kappa shape index (κ3) is 13.8. The number of carboxylic acids is 2. The minimum absolute atomic E-state index is 0.0728. The number of nitrogens with zero attached hydrogens (tertiary/aromatic N) is 2. The van der Waals surface area contributed by atoms with Crippen molar-refractivity contribution in [3.8, 4) is 33.5 Å². The first-order valence-electron chi connectivity index (χ1n) is 23.6. The summed E-state index contributed by atoms with van der Waals surface area (Å²) in [6.07, 6.45) is -1.78. The number of fused-ring (bicyclic) bond motifs is 1. The molecule has 7 rings (SSSR count). The molecular weight excluding hydrogens is 909 g/mol. The van der Waals surface area contributed by atoms with Crippen LogP contribution in [-0.4, -0.2) is 82.0 Å². The second-order valence-corrected chi connectivity index (χ2v) is 18.1. The zero-order valence-corrected chi connectivity index (χ0v) is 40.1. The molecule has 4 atom stereocenters. The molecule has 0 aliphatic heterocycles. The van der Waals surface area contributed by atoms with E-state index in [1.54, 1.807) is 36.4 Å². The summed E-state index contributed by atoms with van der Waals surface area (Å²) in [5.41, 5.74) is 8.42. The highest BCUT2D eigenvalue weighted by Gasteiger charge is 2.31. The summed E-state index contributed by atoms with van der Waals surface area (Å²) in [6.45, 7) is 8.37. The van der Waals surface area contributed by atoms with Gasteiger partial charge in [-0.05, 0) is 110 Å². The Balaban J connectivity index is 0.000000244. The molecule has 12 nitrogen and oxygen atoms in total. The number of halogens is 2. The maximum Gasteiger partial charge on any atom is 0.305 e. The van der Waals surface area contributed by atoms with Crippen LogP contribution in [0.15, 0.2) is 140 Å².